The molecule has 86 valence electrons. The number of hydrogen-bond acceptors (Lipinski definition) is 2. The van der Waals surface area contributed by atoms with Crippen molar-refractivity contribution in [1.29, 1.82) is 0 Å². The van der Waals surface area contributed by atoms with Crippen LogP contribution in [-0.2, 0) is 6.42 Å². The molecule has 1 aromatic rings. The van der Waals surface area contributed by atoms with E-state index in [1.165, 1.54) is 5.57 Å². The summed E-state index contributed by atoms with van der Waals surface area (Å²) in [6, 6.07) is 1.92. The smallest absolute Gasteiger partial charge is 0.110 e. The Hall–Kier alpha value is -1.02. The molecule has 0 amide bonds. The van der Waals surface area contributed by atoms with Crippen molar-refractivity contribution in [3.63, 3.8) is 0 Å². The summed E-state index contributed by atoms with van der Waals surface area (Å²) < 4.78 is 5.47. The van der Waals surface area contributed by atoms with Crippen LogP contribution in [-0.4, -0.2) is 5.11 Å². The third-order valence-corrected chi connectivity index (χ3v) is 4.59. The van der Waals surface area contributed by atoms with Gasteiger partial charge in [0.15, 0.2) is 0 Å². The minimum atomic E-state index is -0.392. The van der Waals surface area contributed by atoms with Crippen molar-refractivity contribution >= 4 is 0 Å². The molecule has 1 saturated carbocycles. The van der Waals surface area contributed by atoms with Crippen LogP contribution in [0.1, 0.15) is 43.6 Å². The van der Waals surface area contributed by atoms with Gasteiger partial charge in [0.1, 0.15) is 5.76 Å². The fourth-order valence-electron chi connectivity index (χ4n) is 3.52. The number of hydrogen-bond donors (Lipinski definition) is 1. The number of aliphatic hydroxyl groups is 1. The second-order valence-corrected chi connectivity index (χ2v) is 5.48. The molecule has 0 aliphatic heterocycles. The third-order valence-electron chi connectivity index (χ3n) is 4.59. The molecule has 1 aromatic heterocycles. The summed E-state index contributed by atoms with van der Waals surface area (Å²) in [6.45, 7) is 6.38. The maximum atomic E-state index is 10.5. The van der Waals surface area contributed by atoms with Gasteiger partial charge in [-0.3, -0.25) is 0 Å². The molecule has 0 aromatic carbocycles. The van der Waals surface area contributed by atoms with E-state index in [1.54, 1.807) is 6.26 Å². The molecule has 3 atom stereocenters. The summed E-state index contributed by atoms with van der Waals surface area (Å²) in [5.74, 6) is 1.34. The zero-order valence-corrected chi connectivity index (χ0v) is 9.70. The molecule has 0 radical (unpaired) electrons. The lowest BCUT2D eigenvalue weighted by atomic mass is 9.57. The van der Waals surface area contributed by atoms with Gasteiger partial charge >= 0.3 is 0 Å². The normalized spacial score (nSPS) is 38.0. The first kappa shape index (κ1) is 10.2. The van der Waals surface area contributed by atoms with Crippen molar-refractivity contribution < 1.29 is 9.52 Å². The van der Waals surface area contributed by atoms with Gasteiger partial charge in [-0.2, -0.15) is 0 Å². The summed E-state index contributed by atoms with van der Waals surface area (Å²) in [5, 5.41) is 10.5. The Bertz CT molecular complexity index is 432. The van der Waals surface area contributed by atoms with Gasteiger partial charge < -0.3 is 9.52 Å². The molecule has 0 bridgehead atoms. The first-order valence-corrected chi connectivity index (χ1v) is 6.05. The second kappa shape index (κ2) is 3.24. The fraction of sp³-hybridized carbons (Fsp3) is 0.571. The van der Waals surface area contributed by atoms with Crippen molar-refractivity contribution in [2.75, 3.05) is 0 Å². The van der Waals surface area contributed by atoms with Gasteiger partial charge in [-0.15, -0.1) is 0 Å². The van der Waals surface area contributed by atoms with Gasteiger partial charge in [-0.25, -0.2) is 0 Å². The highest BCUT2D eigenvalue weighted by Crippen LogP contribution is 2.56. The molecule has 2 aliphatic carbocycles. The molecule has 2 aliphatic rings. The number of rotatable bonds is 0. The minimum Gasteiger partial charge on any atom is -0.469 e. The van der Waals surface area contributed by atoms with Crippen LogP contribution in [0, 0.1) is 11.3 Å². The van der Waals surface area contributed by atoms with Crippen LogP contribution in [0.3, 0.4) is 0 Å². The van der Waals surface area contributed by atoms with Crippen LogP contribution in [0.5, 0.6) is 0 Å². The van der Waals surface area contributed by atoms with Crippen LogP contribution in [0.4, 0.5) is 0 Å². The third kappa shape index (κ3) is 1.17. The van der Waals surface area contributed by atoms with Crippen molar-refractivity contribution in [3.05, 3.63) is 35.8 Å². The maximum absolute atomic E-state index is 10.5. The van der Waals surface area contributed by atoms with E-state index < -0.39 is 6.10 Å². The van der Waals surface area contributed by atoms with Gasteiger partial charge in [0, 0.05) is 17.4 Å². The van der Waals surface area contributed by atoms with Crippen LogP contribution >= 0.6 is 0 Å². The van der Waals surface area contributed by atoms with Gasteiger partial charge in [-0.05, 0) is 31.2 Å². The summed E-state index contributed by atoms with van der Waals surface area (Å²) in [4.78, 5) is 0. The highest BCUT2D eigenvalue weighted by Gasteiger charge is 2.49. The second-order valence-electron chi connectivity index (χ2n) is 5.48. The fourth-order valence-corrected chi connectivity index (χ4v) is 3.52. The number of fused-ring (bicyclic) bond motifs is 2. The first-order valence-electron chi connectivity index (χ1n) is 6.05. The van der Waals surface area contributed by atoms with E-state index in [2.05, 4.69) is 13.5 Å². The van der Waals surface area contributed by atoms with Crippen LogP contribution in [0.2, 0.25) is 0 Å². The van der Waals surface area contributed by atoms with Crippen LogP contribution in [0.15, 0.2) is 28.9 Å². The number of furan rings is 1. The molecule has 0 unspecified atom stereocenters. The van der Waals surface area contributed by atoms with E-state index >= 15 is 0 Å². The molecule has 3 rings (SSSR count). The largest absolute Gasteiger partial charge is 0.469 e. The Morgan fingerprint density at radius 3 is 3.19 bits per heavy atom. The van der Waals surface area contributed by atoms with E-state index in [0.29, 0.717) is 5.92 Å². The van der Waals surface area contributed by atoms with Crippen molar-refractivity contribution in [2.45, 2.75) is 38.7 Å². The first-order chi connectivity index (χ1) is 7.63. The molecule has 1 fully saturated rings. The predicted octanol–water partition coefficient (Wildman–Crippen LogP) is 3.23. The van der Waals surface area contributed by atoms with E-state index in [4.69, 9.17) is 4.42 Å². The molecule has 1 heterocycles. The number of allylic oxidation sites excluding steroid dienone is 1. The SMILES string of the molecule is C=C1CCC[C@]2(C)[C@H](O)c3ccoc3C[C@@H]12. The van der Waals surface area contributed by atoms with Gasteiger partial charge in [0.2, 0.25) is 0 Å². The molecular weight excluding hydrogens is 200 g/mol. The Balaban J connectivity index is 2.09. The summed E-state index contributed by atoms with van der Waals surface area (Å²) in [5.41, 5.74) is 2.25. The zero-order chi connectivity index (χ0) is 11.3. The van der Waals surface area contributed by atoms with Gasteiger partial charge in [-0.1, -0.05) is 19.1 Å². The van der Waals surface area contributed by atoms with E-state index in [1.807, 2.05) is 6.07 Å². The molecule has 16 heavy (non-hydrogen) atoms. The van der Waals surface area contributed by atoms with Crippen LogP contribution in [0.25, 0.3) is 0 Å². The highest BCUT2D eigenvalue weighted by molar-refractivity contribution is 5.31. The van der Waals surface area contributed by atoms with Gasteiger partial charge in [0.25, 0.3) is 0 Å². The summed E-state index contributed by atoms with van der Waals surface area (Å²) in [6.07, 6.45) is 5.55. The monoisotopic (exact) mass is 218 g/mol. The minimum absolute atomic E-state index is 0.0355. The van der Waals surface area contributed by atoms with Crippen molar-refractivity contribution in [1.82, 2.24) is 0 Å². The molecule has 2 heteroatoms. The maximum Gasteiger partial charge on any atom is 0.110 e. The Morgan fingerprint density at radius 1 is 1.56 bits per heavy atom. The average Bonchev–Trinajstić information content (AvgIpc) is 2.70. The predicted molar refractivity (Wildman–Crippen MR) is 62.0 cm³/mol. The highest BCUT2D eigenvalue weighted by atomic mass is 16.3. The Kier molecular flexibility index (Phi) is 2.05. The number of aliphatic hydroxyl groups excluding tert-OH is 1. The lowest BCUT2D eigenvalue weighted by molar-refractivity contribution is -0.0301. The van der Waals surface area contributed by atoms with E-state index in [9.17, 15) is 5.11 Å². The Morgan fingerprint density at radius 2 is 2.38 bits per heavy atom. The van der Waals surface area contributed by atoms with Crippen molar-refractivity contribution in [3.8, 4) is 0 Å². The standard InChI is InChI=1S/C14H18O2/c1-9-4-3-6-14(2)11(9)8-12-10(13(14)15)5-7-16-12/h5,7,11,13,15H,1,3-4,6,8H2,2H3/t11-,13+,14-/m0/s1. The molecular formula is C14H18O2. The van der Waals surface area contributed by atoms with Crippen molar-refractivity contribution in [2.24, 2.45) is 11.3 Å². The average molecular weight is 218 g/mol. The lowest BCUT2D eigenvalue weighted by Crippen LogP contribution is -2.42. The Labute approximate surface area is 96.0 Å². The zero-order valence-electron chi connectivity index (χ0n) is 9.70. The van der Waals surface area contributed by atoms with E-state index in [-0.39, 0.29) is 5.41 Å². The van der Waals surface area contributed by atoms with Gasteiger partial charge in [0.05, 0.1) is 12.4 Å². The lowest BCUT2D eigenvalue weighted by Gasteiger charge is -2.48. The molecule has 0 saturated heterocycles. The molecule has 1 N–H and O–H groups in total. The van der Waals surface area contributed by atoms with E-state index in [0.717, 1.165) is 37.0 Å². The van der Waals surface area contributed by atoms with Crippen LogP contribution < -0.4 is 0 Å². The summed E-state index contributed by atoms with van der Waals surface area (Å²) >= 11 is 0. The summed E-state index contributed by atoms with van der Waals surface area (Å²) in [7, 11) is 0. The quantitative estimate of drug-likeness (QED) is 0.678. The molecule has 2 nitrogen and oxygen atoms in total. The molecule has 0 spiro atoms. The topological polar surface area (TPSA) is 33.4 Å².